The molecular weight excluding hydrogens is 346 g/mol. The second kappa shape index (κ2) is 7.65. The van der Waals surface area contributed by atoms with Gasteiger partial charge in [-0.15, -0.1) is 0 Å². The van der Waals surface area contributed by atoms with Gasteiger partial charge in [0.2, 0.25) is 0 Å². The first-order valence-electron chi connectivity index (χ1n) is 10.3. The Hall–Kier alpha value is -2.84. The monoisotopic (exact) mass is 371 g/mol. The van der Waals surface area contributed by atoms with Gasteiger partial charge in [0.25, 0.3) is 0 Å². The maximum absolute atomic E-state index is 4.55. The van der Waals surface area contributed by atoms with E-state index in [0.717, 1.165) is 47.1 Å². The Balaban J connectivity index is 1.27. The second-order valence-corrected chi connectivity index (χ2v) is 7.82. The summed E-state index contributed by atoms with van der Waals surface area (Å²) in [5.41, 5.74) is 4.08. The van der Waals surface area contributed by atoms with E-state index in [-0.39, 0.29) is 0 Å². The van der Waals surface area contributed by atoms with Crippen molar-refractivity contribution in [3.05, 3.63) is 59.6 Å². The van der Waals surface area contributed by atoms with Crippen molar-refractivity contribution >= 4 is 0 Å². The standard InChI is InChI=1S/C23H25N5/c1-2-5-18(4-1)22-25-14-19(27-22)12-9-16-7-10-17(11-8-16)21-15-26-23(28-21)20-6-3-13-24-20/h7-8,10-11,14-15,18,20,24H,1-6,13H2,(H,25,27)(H,26,28). The Kier molecular flexibility index (Phi) is 4.72. The number of H-pyrrole nitrogens is 2. The molecule has 28 heavy (non-hydrogen) atoms. The molecule has 5 nitrogen and oxygen atoms in total. The predicted molar refractivity (Wildman–Crippen MR) is 110 cm³/mol. The molecule has 0 bridgehead atoms. The number of aromatic nitrogens is 4. The lowest BCUT2D eigenvalue weighted by Gasteiger charge is -2.05. The zero-order valence-corrected chi connectivity index (χ0v) is 16.0. The fourth-order valence-electron chi connectivity index (χ4n) is 4.26. The molecule has 1 atom stereocenters. The summed E-state index contributed by atoms with van der Waals surface area (Å²) in [6.45, 7) is 1.08. The lowest BCUT2D eigenvalue weighted by molar-refractivity contribution is 0.613. The molecule has 3 heterocycles. The molecule has 1 aromatic carbocycles. The highest BCUT2D eigenvalue weighted by Crippen LogP contribution is 2.32. The highest BCUT2D eigenvalue weighted by molar-refractivity contribution is 5.60. The van der Waals surface area contributed by atoms with Gasteiger partial charge in [-0.2, -0.15) is 0 Å². The first-order valence-corrected chi connectivity index (χ1v) is 10.3. The zero-order chi connectivity index (χ0) is 18.8. The summed E-state index contributed by atoms with van der Waals surface area (Å²) in [5, 5.41) is 3.48. The molecular formula is C23H25N5. The van der Waals surface area contributed by atoms with E-state index in [9.17, 15) is 0 Å². The van der Waals surface area contributed by atoms with E-state index in [4.69, 9.17) is 0 Å². The van der Waals surface area contributed by atoms with Crippen LogP contribution in [0.25, 0.3) is 11.3 Å². The van der Waals surface area contributed by atoms with Gasteiger partial charge in [-0.3, -0.25) is 0 Å². The van der Waals surface area contributed by atoms with Crippen LogP contribution in [0.1, 0.15) is 73.4 Å². The van der Waals surface area contributed by atoms with E-state index in [0.29, 0.717) is 12.0 Å². The molecule has 2 fully saturated rings. The molecule has 0 spiro atoms. The number of nitrogens with zero attached hydrogens (tertiary/aromatic N) is 2. The fraction of sp³-hybridized carbons (Fsp3) is 0.391. The molecule has 1 aliphatic carbocycles. The fourth-order valence-corrected chi connectivity index (χ4v) is 4.26. The largest absolute Gasteiger partial charge is 0.341 e. The van der Waals surface area contributed by atoms with E-state index >= 15 is 0 Å². The maximum atomic E-state index is 4.55. The molecule has 0 radical (unpaired) electrons. The lowest BCUT2D eigenvalue weighted by Crippen LogP contribution is -2.14. The lowest BCUT2D eigenvalue weighted by atomic mass is 10.1. The van der Waals surface area contributed by atoms with Gasteiger partial charge >= 0.3 is 0 Å². The highest BCUT2D eigenvalue weighted by atomic mass is 15.0. The first kappa shape index (κ1) is 17.3. The Morgan fingerprint density at radius 2 is 1.64 bits per heavy atom. The van der Waals surface area contributed by atoms with Gasteiger partial charge < -0.3 is 15.3 Å². The van der Waals surface area contributed by atoms with E-state index in [2.05, 4.69) is 61.4 Å². The van der Waals surface area contributed by atoms with Crippen molar-refractivity contribution < 1.29 is 0 Å². The van der Waals surface area contributed by atoms with Crippen LogP contribution in [0.15, 0.2) is 36.7 Å². The van der Waals surface area contributed by atoms with Gasteiger partial charge in [-0.1, -0.05) is 30.9 Å². The Labute approximate surface area is 165 Å². The quantitative estimate of drug-likeness (QED) is 0.602. The normalized spacial score (nSPS) is 19.6. The van der Waals surface area contributed by atoms with Crippen LogP contribution in [0.2, 0.25) is 0 Å². The van der Waals surface area contributed by atoms with Crippen LogP contribution in [0, 0.1) is 11.8 Å². The van der Waals surface area contributed by atoms with Crippen molar-refractivity contribution in [2.75, 3.05) is 6.54 Å². The molecule has 3 N–H and O–H groups in total. The summed E-state index contributed by atoms with van der Waals surface area (Å²) in [7, 11) is 0. The van der Waals surface area contributed by atoms with Gasteiger partial charge in [-0.05, 0) is 55.8 Å². The number of imidazole rings is 2. The van der Waals surface area contributed by atoms with Gasteiger partial charge in [0.15, 0.2) is 0 Å². The minimum absolute atomic E-state index is 0.363. The molecule has 1 unspecified atom stereocenters. The van der Waals surface area contributed by atoms with Crippen molar-refractivity contribution in [3.8, 4) is 23.1 Å². The maximum Gasteiger partial charge on any atom is 0.123 e. The Morgan fingerprint density at radius 1 is 0.821 bits per heavy atom. The van der Waals surface area contributed by atoms with Crippen molar-refractivity contribution in [1.82, 2.24) is 25.3 Å². The molecule has 2 aliphatic rings. The SMILES string of the molecule is C(#Cc1cnc(C2CCCC2)[nH]1)c1ccc(-c2cnc(C3CCCN3)[nH]2)cc1. The average molecular weight is 371 g/mol. The average Bonchev–Trinajstić information content (AvgIpc) is 3.53. The molecule has 5 heteroatoms. The number of hydrogen-bond acceptors (Lipinski definition) is 3. The van der Waals surface area contributed by atoms with Gasteiger partial charge in [-0.25, -0.2) is 9.97 Å². The smallest absolute Gasteiger partial charge is 0.123 e. The van der Waals surface area contributed by atoms with E-state index in [1.54, 1.807) is 0 Å². The summed E-state index contributed by atoms with van der Waals surface area (Å²) in [6, 6.07) is 8.68. The van der Waals surface area contributed by atoms with Crippen LogP contribution in [-0.4, -0.2) is 26.5 Å². The predicted octanol–water partition coefficient (Wildman–Crippen LogP) is 4.28. The third kappa shape index (κ3) is 3.61. The topological polar surface area (TPSA) is 69.4 Å². The van der Waals surface area contributed by atoms with Crippen molar-refractivity contribution in [2.24, 2.45) is 0 Å². The second-order valence-electron chi connectivity index (χ2n) is 7.82. The molecule has 1 aliphatic heterocycles. The highest BCUT2D eigenvalue weighted by Gasteiger charge is 2.20. The molecule has 5 rings (SSSR count). The van der Waals surface area contributed by atoms with Crippen LogP contribution in [0.4, 0.5) is 0 Å². The minimum atomic E-state index is 0.363. The van der Waals surface area contributed by atoms with Crippen molar-refractivity contribution in [2.45, 2.75) is 50.5 Å². The third-order valence-electron chi connectivity index (χ3n) is 5.86. The van der Waals surface area contributed by atoms with Crippen LogP contribution in [0.5, 0.6) is 0 Å². The van der Waals surface area contributed by atoms with E-state index < -0.39 is 0 Å². The summed E-state index contributed by atoms with van der Waals surface area (Å²) < 4.78 is 0. The molecule has 0 amide bonds. The summed E-state index contributed by atoms with van der Waals surface area (Å²) in [4.78, 5) is 15.9. The van der Waals surface area contributed by atoms with Gasteiger partial charge in [0.1, 0.15) is 17.3 Å². The van der Waals surface area contributed by atoms with E-state index in [1.807, 2.05) is 12.4 Å². The first-order chi connectivity index (χ1) is 13.8. The minimum Gasteiger partial charge on any atom is -0.341 e. The molecule has 2 aromatic heterocycles. The molecule has 3 aromatic rings. The van der Waals surface area contributed by atoms with Crippen LogP contribution in [0.3, 0.4) is 0 Å². The third-order valence-corrected chi connectivity index (χ3v) is 5.86. The number of rotatable bonds is 3. The zero-order valence-electron chi connectivity index (χ0n) is 16.0. The number of benzene rings is 1. The van der Waals surface area contributed by atoms with Crippen molar-refractivity contribution in [3.63, 3.8) is 0 Å². The van der Waals surface area contributed by atoms with Crippen LogP contribution >= 0.6 is 0 Å². The summed E-state index contributed by atoms with van der Waals surface area (Å²) >= 11 is 0. The van der Waals surface area contributed by atoms with Crippen LogP contribution < -0.4 is 5.32 Å². The number of nitrogens with one attached hydrogen (secondary N) is 3. The number of aromatic amines is 2. The van der Waals surface area contributed by atoms with Gasteiger partial charge in [0, 0.05) is 11.5 Å². The van der Waals surface area contributed by atoms with Crippen molar-refractivity contribution in [1.29, 1.82) is 0 Å². The number of hydrogen-bond donors (Lipinski definition) is 3. The molecule has 1 saturated heterocycles. The van der Waals surface area contributed by atoms with E-state index in [1.165, 1.54) is 32.1 Å². The van der Waals surface area contributed by atoms with Crippen LogP contribution in [-0.2, 0) is 0 Å². The summed E-state index contributed by atoms with van der Waals surface area (Å²) in [5.74, 6) is 9.17. The van der Waals surface area contributed by atoms with Gasteiger partial charge in [0.05, 0.1) is 24.1 Å². The summed E-state index contributed by atoms with van der Waals surface area (Å²) in [6.07, 6.45) is 11.3. The Morgan fingerprint density at radius 3 is 2.43 bits per heavy atom. The Bertz CT molecular complexity index is 990. The molecule has 142 valence electrons. The molecule has 1 saturated carbocycles.